The molecule has 4 rings (SSSR count). The molecule has 1 atom stereocenters. The highest BCUT2D eigenvalue weighted by molar-refractivity contribution is 6.30. The van der Waals surface area contributed by atoms with E-state index in [1.165, 1.54) is 24.3 Å². The molecule has 0 aliphatic heterocycles. The Hall–Kier alpha value is -3.54. The smallest absolute Gasteiger partial charge is 0.338 e. The van der Waals surface area contributed by atoms with Crippen LogP contribution in [0.15, 0.2) is 48.5 Å². The summed E-state index contributed by atoms with van der Waals surface area (Å²) in [7, 11) is 0. The molecule has 1 aliphatic rings. The number of rotatable bonds is 3. The summed E-state index contributed by atoms with van der Waals surface area (Å²) in [5.74, 6) is -2.92. The molecule has 6 nitrogen and oxygen atoms in total. The normalized spacial score (nSPS) is 15.8. The van der Waals surface area contributed by atoms with E-state index in [0.717, 1.165) is 0 Å². The van der Waals surface area contributed by atoms with Gasteiger partial charge in [0.05, 0.1) is 17.7 Å². The number of ether oxygens (including phenoxy) is 1. The summed E-state index contributed by atoms with van der Waals surface area (Å²) in [5.41, 5.74) is 1.16. The van der Waals surface area contributed by atoms with E-state index >= 15 is 0 Å². The van der Waals surface area contributed by atoms with Gasteiger partial charge >= 0.3 is 5.97 Å². The van der Waals surface area contributed by atoms with Crippen LogP contribution in [0.25, 0.3) is 10.9 Å². The van der Waals surface area contributed by atoms with E-state index in [1.54, 1.807) is 25.1 Å². The predicted octanol–water partition coefficient (Wildman–Crippen LogP) is 3.28. The van der Waals surface area contributed by atoms with E-state index in [2.05, 4.69) is 4.98 Å². The molecule has 134 valence electrons. The number of aromatic hydroxyl groups is 1. The highest BCUT2D eigenvalue weighted by atomic mass is 16.5. The first-order chi connectivity index (χ1) is 13.0. The van der Waals surface area contributed by atoms with Crippen molar-refractivity contribution in [3.05, 3.63) is 70.9 Å². The Kier molecular flexibility index (Phi) is 3.96. The molecule has 0 radical (unpaired) electrons. The molecule has 0 spiro atoms. The van der Waals surface area contributed by atoms with Crippen LogP contribution in [0.4, 0.5) is 0 Å². The van der Waals surface area contributed by atoms with Crippen molar-refractivity contribution >= 4 is 28.4 Å². The highest BCUT2D eigenvalue weighted by Gasteiger charge is 2.42. The van der Waals surface area contributed by atoms with Gasteiger partial charge in [-0.2, -0.15) is 0 Å². The zero-order valence-corrected chi connectivity index (χ0v) is 14.4. The maximum absolute atomic E-state index is 12.9. The second-order valence-corrected chi connectivity index (χ2v) is 6.23. The number of Topliss-reactive ketones (excluding diaryl/α,β-unsaturated/α-hetero) is 2. The third-order valence-corrected chi connectivity index (χ3v) is 4.59. The number of pyridine rings is 1. The van der Waals surface area contributed by atoms with Crippen molar-refractivity contribution < 1.29 is 24.2 Å². The van der Waals surface area contributed by atoms with Gasteiger partial charge in [0.15, 0.2) is 11.6 Å². The minimum Gasteiger partial charge on any atom is -0.506 e. The van der Waals surface area contributed by atoms with E-state index in [-0.39, 0.29) is 34.7 Å². The maximum Gasteiger partial charge on any atom is 0.338 e. The standard InChI is InChI=1S/C21H15NO5/c1-2-27-21(26)12-7-8-13-14(9-12)20(25)17(19(13)24)18-16(23)10-11-5-3-4-6-15(11)22-18/h3-10,17,23H,2H2,1H3. The van der Waals surface area contributed by atoms with Gasteiger partial charge in [0.1, 0.15) is 17.4 Å². The minimum absolute atomic E-state index is 0.0255. The van der Waals surface area contributed by atoms with Crippen LogP contribution < -0.4 is 0 Å². The number of benzene rings is 2. The summed E-state index contributed by atoms with van der Waals surface area (Å²) >= 11 is 0. The van der Waals surface area contributed by atoms with Crippen molar-refractivity contribution in [1.29, 1.82) is 0 Å². The van der Waals surface area contributed by atoms with Gasteiger partial charge in [0.2, 0.25) is 0 Å². The lowest BCUT2D eigenvalue weighted by Crippen LogP contribution is -2.14. The number of aromatic nitrogens is 1. The van der Waals surface area contributed by atoms with Crippen molar-refractivity contribution in [3.63, 3.8) is 0 Å². The maximum atomic E-state index is 12.9. The zero-order valence-electron chi connectivity index (χ0n) is 14.4. The third kappa shape index (κ3) is 2.66. The summed E-state index contributed by atoms with van der Waals surface area (Å²) in [6, 6.07) is 12.9. The van der Waals surface area contributed by atoms with Gasteiger partial charge in [0, 0.05) is 16.5 Å². The number of nitrogens with zero attached hydrogens (tertiary/aromatic N) is 1. The number of carbonyl (C=O) groups is 3. The molecule has 1 unspecified atom stereocenters. The lowest BCUT2D eigenvalue weighted by atomic mass is 9.97. The Morgan fingerprint density at radius 2 is 1.81 bits per heavy atom. The molecule has 0 fully saturated rings. The fourth-order valence-electron chi connectivity index (χ4n) is 3.31. The zero-order chi connectivity index (χ0) is 19.1. The molecule has 1 aliphatic carbocycles. The van der Waals surface area contributed by atoms with Crippen LogP contribution in [-0.4, -0.2) is 34.2 Å². The topological polar surface area (TPSA) is 93.6 Å². The summed E-state index contributed by atoms with van der Waals surface area (Å²) in [5, 5.41) is 11.1. The number of carbonyl (C=O) groups excluding carboxylic acids is 3. The Morgan fingerprint density at radius 3 is 2.59 bits per heavy atom. The molecule has 0 saturated heterocycles. The molecule has 0 saturated carbocycles. The number of hydrogen-bond acceptors (Lipinski definition) is 6. The second-order valence-electron chi connectivity index (χ2n) is 6.23. The van der Waals surface area contributed by atoms with Gasteiger partial charge in [-0.25, -0.2) is 9.78 Å². The van der Waals surface area contributed by atoms with Crippen LogP contribution in [0.3, 0.4) is 0 Å². The molecule has 1 aromatic heterocycles. The molecular weight excluding hydrogens is 346 g/mol. The first-order valence-corrected chi connectivity index (χ1v) is 8.49. The first kappa shape index (κ1) is 16.9. The van der Waals surface area contributed by atoms with Crippen molar-refractivity contribution in [1.82, 2.24) is 4.98 Å². The van der Waals surface area contributed by atoms with Gasteiger partial charge in [-0.05, 0) is 37.3 Å². The second kappa shape index (κ2) is 6.32. The van der Waals surface area contributed by atoms with Gasteiger partial charge in [-0.1, -0.05) is 18.2 Å². The third-order valence-electron chi connectivity index (χ3n) is 4.59. The first-order valence-electron chi connectivity index (χ1n) is 8.49. The number of ketones is 2. The summed E-state index contributed by atoms with van der Waals surface area (Å²) in [6.07, 6.45) is 0. The summed E-state index contributed by atoms with van der Waals surface area (Å²) in [6.45, 7) is 1.89. The Labute approximate surface area is 154 Å². The minimum atomic E-state index is -1.22. The van der Waals surface area contributed by atoms with Gasteiger partial charge in [-0.3, -0.25) is 9.59 Å². The van der Waals surface area contributed by atoms with E-state index in [9.17, 15) is 19.5 Å². The van der Waals surface area contributed by atoms with Crippen LogP contribution in [0, 0.1) is 0 Å². The monoisotopic (exact) mass is 361 g/mol. The lowest BCUT2D eigenvalue weighted by molar-refractivity contribution is 0.0526. The van der Waals surface area contributed by atoms with Gasteiger partial charge < -0.3 is 9.84 Å². The van der Waals surface area contributed by atoms with Crippen molar-refractivity contribution in [2.75, 3.05) is 6.61 Å². The largest absolute Gasteiger partial charge is 0.506 e. The molecule has 1 heterocycles. The van der Waals surface area contributed by atoms with Gasteiger partial charge in [0.25, 0.3) is 0 Å². The van der Waals surface area contributed by atoms with Crippen molar-refractivity contribution in [2.45, 2.75) is 12.8 Å². The number of fused-ring (bicyclic) bond motifs is 2. The molecule has 27 heavy (non-hydrogen) atoms. The van der Waals surface area contributed by atoms with E-state index in [1.807, 2.05) is 6.07 Å². The lowest BCUT2D eigenvalue weighted by Gasteiger charge is -2.10. The van der Waals surface area contributed by atoms with Crippen LogP contribution in [0.2, 0.25) is 0 Å². The van der Waals surface area contributed by atoms with Crippen LogP contribution >= 0.6 is 0 Å². The fourth-order valence-corrected chi connectivity index (χ4v) is 3.31. The van der Waals surface area contributed by atoms with E-state index in [4.69, 9.17) is 4.74 Å². The summed E-state index contributed by atoms with van der Waals surface area (Å²) < 4.78 is 4.94. The molecule has 2 aromatic carbocycles. The highest BCUT2D eigenvalue weighted by Crippen LogP contribution is 2.38. The molecule has 0 amide bonds. The number of esters is 1. The van der Waals surface area contributed by atoms with Crippen LogP contribution in [0.5, 0.6) is 5.75 Å². The molecule has 6 heteroatoms. The SMILES string of the molecule is CCOC(=O)c1ccc2c(c1)C(=O)C(c1nc3ccccc3cc1O)C2=O. The molecule has 0 bridgehead atoms. The average molecular weight is 361 g/mol. The Bertz CT molecular complexity index is 1120. The van der Waals surface area contributed by atoms with Crippen molar-refractivity contribution in [3.8, 4) is 5.75 Å². The van der Waals surface area contributed by atoms with Crippen LogP contribution in [-0.2, 0) is 4.74 Å². The fraction of sp³-hybridized carbons (Fsp3) is 0.143. The summed E-state index contributed by atoms with van der Waals surface area (Å²) in [4.78, 5) is 42.0. The van der Waals surface area contributed by atoms with Gasteiger partial charge in [-0.15, -0.1) is 0 Å². The molecule has 3 aromatic rings. The Morgan fingerprint density at radius 1 is 1.07 bits per heavy atom. The molecular formula is C21H15NO5. The quantitative estimate of drug-likeness (QED) is 0.568. The Balaban J connectivity index is 1.79. The number of para-hydroxylation sites is 1. The number of hydrogen-bond donors (Lipinski definition) is 1. The van der Waals surface area contributed by atoms with Crippen LogP contribution in [0.1, 0.15) is 49.6 Å². The predicted molar refractivity (Wildman–Crippen MR) is 97.2 cm³/mol. The van der Waals surface area contributed by atoms with Crippen molar-refractivity contribution in [2.24, 2.45) is 0 Å². The average Bonchev–Trinajstić information content (AvgIpc) is 2.91. The molecule has 1 N–H and O–H groups in total. The van der Waals surface area contributed by atoms with E-state index in [0.29, 0.717) is 10.9 Å². The van der Waals surface area contributed by atoms with E-state index < -0.39 is 23.5 Å².